The lowest BCUT2D eigenvalue weighted by atomic mass is 9.73. The molecule has 212 valence electrons. The van der Waals surface area contributed by atoms with E-state index in [0.29, 0.717) is 11.4 Å². The number of hydrogen-bond donors (Lipinski definition) is 0. The maximum Gasteiger partial charge on any atom is 0.188 e. The highest BCUT2D eigenvalue weighted by molar-refractivity contribution is 6.11. The molecule has 0 aliphatic carbocycles. The first-order valence-electron chi connectivity index (χ1n) is 15.0. The molecule has 2 heterocycles. The maximum atomic E-state index is 7.58. The van der Waals surface area contributed by atoms with Crippen LogP contribution in [-0.2, 0) is 5.41 Å². The third-order valence-corrected chi connectivity index (χ3v) is 9.19. The van der Waals surface area contributed by atoms with E-state index in [4.69, 9.17) is 13.1 Å². The molecule has 0 bridgehead atoms. The molecule has 7 aromatic rings. The molecule has 45 heavy (non-hydrogen) atoms. The molecule has 0 amide bonds. The Labute approximate surface area is 262 Å². The van der Waals surface area contributed by atoms with Crippen molar-refractivity contribution in [3.8, 4) is 16.8 Å². The zero-order valence-electron chi connectivity index (χ0n) is 25.0. The van der Waals surface area contributed by atoms with Crippen molar-refractivity contribution in [3.63, 3.8) is 0 Å². The van der Waals surface area contributed by atoms with Crippen LogP contribution in [0, 0.1) is 13.1 Å². The molecule has 6 aromatic carbocycles. The number of rotatable bonds is 3. The lowest BCUT2D eigenvalue weighted by Crippen LogP contribution is -2.30. The van der Waals surface area contributed by atoms with E-state index < -0.39 is 0 Å². The van der Waals surface area contributed by atoms with Gasteiger partial charge in [0, 0.05) is 16.7 Å². The molecule has 0 unspecified atom stereocenters. The Morgan fingerprint density at radius 3 is 1.64 bits per heavy atom. The molecule has 0 N–H and O–H groups in total. The Morgan fingerprint density at radius 2 is 1.07 bits per heavy atom. The molecule has 0 atom stereocenters. The van der Waals surface area contributed by atoms with Crippen LogP contribution in [0.3, 0.4) is 0 Å². The van der Waals surface area contributed by atoms with Gasteiger partial charge < -0.3 is 9.47 Å². The molecule has 0 fully saturated rings. The van der Waals surface area contributed by atoms with E-state index in [1.54, 1.807) is 0 Å². The van der Waals surface area contributed by atoms with Crippen LogP contribution in [0.5, 0.6) is 0 Å². The zero-order chi connectivity index (χ0) is 30.7. The van der Waals surface area contributed by atoms with Gasteiger partial charge in [-0.15, -0.1) is 0 Å². The van der Waals surface area contributed by atoms with E-state index >= 15 is 0 Å². The molecule has 8 rings (SSSR count). The standard InChI is InChI=1S/C41H28N4/c1-41(2)34-15-6-9-18-39(34)45(40-19-10-7-16-35(40)41)36-17-8-5-14-31(36)27-12-11-13-30(24-27)44-37-22-20-28(42-3)25-32(37)33-26-29(43-4)21-23-38(33)44/h5-26H,1-2H3. The van der Waals surface area contributed by atoms with Gasteiger partial charge in [-0.1, -0.05) is 92.7 Å². The van der Waals surface area contributed by atoms with Crippen molar-refractivity contribution in [1.29, 1.82) is 0 Å². The van der Waals surface area contributed by atoms with E-state index in [1.165, 1.54) is 22.5 Å². The normalized spacial score (nSPS) is 13.2. The van der Waals surface area contributed by atoms with Crippen LogP contribution in [0.2, 0.25) is 0 Å². The van der Waals surface area contributed by atoms with Crippen LogP contribution in [-0.4, -0.2) is 4.57 Å². The number of nitrogens with zero attached hydrogens (tertiary/aromatic N) is 4. The minimum absolute atomic E-state index is 0.130. The molecular weight excluding hydrogens is 548 g/mol. The first-order chi connectivity index (χ1) is 22.0. The second-order valence-corrected chi connectivity index (χ2v) is 12.0. The van der Waals surface area contributed by atoms with Crippen LogP contribution >= 0.6 is 0 Å². The third kappa shape index (κ3) is 3.97. The molecule has 1 aliphatic heterocycles. The summed E-state index contributed by atoms with van der Waals surface area (Å²) in [6.45, 7) is 19.8. The van der Waals surface area contributed by atoms with Gasteiger partial charge in [0.25, 0.3) is 0 Å². The zero-order valence-corrected chi connectivity index (χ0v) is 25.0. The van der Waals surface area contributed by atoms with Gasteiger partial charge in [-0.25, -0.2) is 9.69 Å². The molecule has 0 spiro atoms. The van der Waals surface area contributed by atoms with Crippen molar-refractivity contribution in [3.05, 3.63) is 167 Å². The maximum absolute atomic E-state index is 7.58. The second kappa shape index (κ2) is 9.98. The van der Waals surface area contributed by atoms with Crippen LogP contribution in [0.15, 0.2) is 133 Å². The average molecular weight is 577 g/mol. The Kier molecular flexibility index (Phi) is 5.88. The fourth-order valence-electron chi connectivity index (χ4n) is 7.07. The third-order valence-electron chi connectivity index (χ3n) is 9.19. The van der Waals surface area contributed by atoms with Crippen molar-refractivity contribution < 1.29 is 0 Å². The minimum atomic E-state index is -0.130. The quantitative estimate of drug-likeness (QED) is 0.191. The van der Waals surface area contributed by atoms with Crippen LogP contribution in [0.4, 0.5) is 28.4 Å². The SMILES string of the molecule is [C-]#[N+]c1ccc2c(c1)c1cc([N+]#[C-])ccc1n2-c1cccc(-c2ccccc2N2c3ccccc3C(C)(C)c3ccccc32)c1. The van der Waals surface area contributed by atoms with E-state index in [-0.39, 0.29) is 5.41 Å². The summed E-state index contributed by atoms with van der Waals surface area (Å²) in [5.74, 6) is 0. The molecular formula is C41H28N4. The Morgan fingerprint density at radius 1 is 0.533 bits per heavy atom. The summed E-state index contributed by atoms with van der Waals surface area (Å²) in [6, 6.07) is 46.4. The lowest BCUT2D eigenvalue weighted by molar-refractivity contribution is 0.632. The fraction of sp³-hybridized carbons (Fsp3) is 0.0732. The summed E-state index contributed by atoms with van der Waals surface area (Å²) in [4.78, 5) is 9.77. The molecule has 0 saturated carbocycles. The number of benzene rings is 6. The first kappa shape index (κ1) is 26.5. The van der Waals surface area contributed by atoms with Gasteiger partial charge in [-0.3, -0.25) is 0 Å². The van der Waals surface area contributed by atoms with E-state index in [9.17, 15) is 0 Å². The summed E-state index contributed by atoms with van der Waals surface area (Å²) >= 11 is 0. The smallest absolute Gasteiger partial charge is 0.188 e. The summed E-state index contributed by atoms with van der Waals surface area (Å²) in [7, 11) is 0. The summed E-state index contributed by atoms with van der Waals surface area (Å²) < 4.78 is 2.24. The Hall–Kier alpha value is -6.10. The topological polar surface area (TPSA) is 16.9 Å². The van der Waals surface area contributed by atoms with Gasteiger partial charge in [0.1, 0.15) is 0 Å². The number of fused-ring (bicyclic) bond motifs is 5. The predicted molar refractivity (Wildman–Crippen MR) is 186 cm³/mol. The van der Waals surface area contributed by atoms with Gasteiger partial charge in [0.15, 0.2) is 11.4 Å². The van der Waals surface area contributed by atoms with Crippen molar-refractivity contribution in [1.82, 2.24) is 4.57 Å². The van der Waals surface area contributed by atoms with Crippen LogP contribution in [0.1, 0.15) is 25.0 Å². The summed E-state index contributed by atoms with van der Waals surface area (Å²) in [5.41, 5.74) is 12.4. The van der Waals surface area contributed by atoms with Gasteiger partial charge in [-0.05, 0) is 82.1 Å². The van der Waals surface area contributed by atoms with Crippen molar-refractivity contribution in [2.24, 2.45) is 0 Å². The molecule has 0 saturated heterocycles. The molecule has 0 radical (unpaired) electrons. The highest BCUT2D eigenvalue weighted by Gasteiger charge is 2.37. The van der Waals surface area contributed by atoms with Crippen molar-refractivity contribution in [2.45, 2.75) is 19.3 Å². The summed E-state index contributed by atoms with van der Waals surface area (Å²) in [6.07, 6.45) is 0. The molecule has 1 aromatic heterocycles. The predicted octanol–water partition coefficient (Wildman–Crippen LogP) is 11.7. The highest BCUT2D eigenvalue weighted by Crippen LogP contribution is 2.53. The number of hydrogen-bond acceptors (Lipinski definition) is 1. The van der Waals surface area contributed by atoms with Gasteiger partial charge in [0.05, 0.1) is 41.2 Å². The number of aromatic nitrogens is 1. The Bertz CT molecular complexity index is 2280. The minimum Gasteiger partial charge on any atom is -0.309 e. The van der Waals surface area contributed by atoms with Crippen LogP contribution < -0.4 is 4.90 Å². The second-order valence-electron chi connectivity index (χ2n) is 12.0. The van der Waals surface area contributed by atoms with Gasteiger partial charge in [0.2, 0.25) is 0 Å². The first-order valence-corrected chi connectivity index (χ1v) is 15.0. The van der Waals surface area contributed by atoms with E-state index in [1.807, 2.05) is 36.4 Å². The van der Waals surface area contributed by atoms with E-state index in [2.05, 4.69) is 130 Å². The van der Waals surface area contributed by atoms with Crippen molar-refractivity contribution >= 4 is 50.2 Å². The highest BCUT2D eigenvalue weighted by atomic mass is 15.2. The molecule has 1 aliphatic rings. The van der Waals surface area contributed by atoms with Gasteiger partial charge >= 0.3 is 0 Å². The fourth-order valence-corrected chi connectivity index (χ4v) is 7.07. The monoisotopic (exact) mass is 576 g/mol. The molecule has 4 heteroatoms. The van der Waals surface area contributed by atoms with Crippen molar-refractivity contribution in [2.75, 3.05) is 4.90 Å². The summed E-state index contributed by atoms with van der Waals surface area (Å²) in [5, 5.41) is 1.94. The number of anilines is 3. The van der Waals surface area contributed by atoms with Crippen LogP contribution in [0.25, 0.3) is 48.3 Å². The average Bonchev–Trinajstić information content (AvgIpc) is 3.41. The lowest BCUT2D eigenvalue weighted by Gasteiger charge is -2.42. The Balaban J connectivity index is 1.35. The molecule has 4 nitrogen and oxygen atoms in total. The largest absolute Gasteiger partial charge is 0.309 e. The van der Waals surface area contributed by atoms with E-state index in [0.717, 1.165) is 44.3 Å². The van der Waals surface area contributed by atoms with Gasteiger partial charge in [-0.2, -0.15) is 0 Å². The number of para-hydroxylation sites is 3.